The smallest absolute Gasteiger partial charge is 0.311 e. The Hall–Kier alpha value is -1.84. The highest BCUT2D eigenvalue weighted by atomic mass is 16.6. The molecular weight excluding hydrogens is 568 g/mol. The molecule has 0 aromatic heterocycles. The Kier molecular flexibility index (Phi) is 30.3. The Morgan fingerprint density at radius 2 is 0.587 bits per heavy atom. The lowest BCUT2D eigenvalue weighted by molar-refractivity contribution is -0.137. The molecular formula is C42H74O4. The van der Waals surface area contributed by atoms with Crippen LogP contribution in [0.4, 0.5) is 0 Å². The number of carbonyl (C=O) groups excluding carboxylic acids is 2. The molecule has 1 aromatic carbocycles. The van der Waals surface area contributed by atoms with E-state index < -0.39 is 0 Å². The van der Waals surface area contributed by atoms with Gasteiger partial charge in [-0.1, -0.05) is 206 Å². The highest BCUT2D eigenvalue weighted by Gasteiger charge is 2.13. The second-order valence-corrected chi connectivity index (χ2v) is 13.8. The summed E-state index contributed by atoms with van der Waals surface area (Å²) in [4.78, 5) is 24.9. The van der Waals surface area contributed by atoms with Gasteiger partial charge in [0.05, 0.1) is 0 Å². The van der Waals surface area contributed by atoms with Gasteiger partial charge < -0.3 is 9.47 Å². The minimum absolute atomic E-state index is 0.249. The van der Waals surface area contributed by atoms with Gasteiger partial charge in [0.1, 0.15) is 0 Å². The molecule has 4 nitrogen and oxygen atoms in total. The molecule has 0 heterocycles. The van der Waals surface area contributed by atoms with E-state index in [9.17, 15) is 9.59 Å². The molecule has 266 valence electrons. The summed E-state index contributed by atoms with van der Waals surface area (Å²) in [7, 11) is 0. The number of ether oxygens (including phenoxy) is 2. The predicted molar refractivity (Wildman–Crippen MR) is 197 cm³/mol. The van der Waals surface area contributed by atoms with Crippen LogP contribution in [0.15, 0.2) is 24.3 Å². The van der Waals surface area contributed by atoms with Gasteiger partial charge in [-0.05, 0) is 25.0 Å². The topological polar surface area (TPSA) is 52.6 Å². The fourth-order valence-corrected chi connectivity index (χ4v) is 6.25. The summed E-state index contributed by atoms with van der Waals surface area (Å²) in [5.41, 5.74) is 0. The van der Waals surface area contributed by atoms with E-state index in [0.717, 1.165) is 25.7 Å². The van der Waals surface area contributed by atoms with Gasteiger partial charge in [0.15, 0.2) is 11.5 Å². The summed E-state index contributed by atoms with van der Waals surface area (Å²) in [6.07, 6.45) is 39.8. The van der Waals surface area contributed by atoms with Gasteiger partial charge in [-0.3, -0.25) is 9.59 Å². The Balaban J connectivity index is 2.00. The molecule has 0 spiro atoms. The molecule has 1 rings (SSSR count). The van der Waals surface area contributed by atoms with Crippen LogP contribution in [0.2, 0.25) is 0 Å². The van der Waals surface area contributed by atoms with Crippen LogP contribution in [0.1, 0.15) is 219 Å². The molecule has 0 amide bonds. The van der Waals surface area contributed by atoms with E-state index in [1.165, 1.54) is 167 Å². The summed E-state index contributed by atoms with van der Waals surface area (Å²) in [5.74, 6) is 0.192. The lowest BCUT2D eigenvalue weighted by Gasteiger charge is -2.10. The van der Waals surface area contributed by atoms with Crippen molar-refractivity contribution in [2.24, 2.45) is 0 Å². The zero-order valence-electron chi connectivity index (χ0n) is 30.6. The zero-order valence-corrected chi connectivity index (χ0v) is 30.6. The first-order valence-corrected chi connectivity index (χ1v) is 20.2. The van der Waals surface area contributed by atoms with Crippen LogP contribution in [0.3, 0.4) is 0 Å². The highest BCUT2D eigenvalue weighted by molar-refractivity contribution is 5.76. The molecule has 1 aromatic rings. The van der Waals surface area contributed by atoms with E-state index in [4.69, 9.17) is 9.47 Å². The maximum atomic E-state index is 12.5. The average molecular weight is 643 g/mol. The highest BCUT2D eigenvalue weighted by Crippen LogP contribution is 2.28. The fourth-order valence-electron chi connectivity index (χ4n) is 6.25. The van der Waals surface area contributed by atoms with Crippen molar-refractivity contribution in [1.82, 2.24) is 0 Å². The molecule has 0 atom stereocenters. The number of carbonyl (C=O) groups is 2. The Morgan fingerprint density at radius 3 is 0.826 bits per heavy atom. The van der Waals surface area contributed by atoms with Crippen LogP contribution in [0.25, 0.3) is 0 Å². The molecule has 0 fully saturated rings. The van der Waals surface area contributed by atoms with E-state index in [1.807, 2.05) is 12.1 Å². The fraction of sp³-hybridized carbons (Fsp3) is 0.810. The van der Waals surface area contributed by atoms with Crippen LogP contribution in [-0.2, 0) is 9.59 Å². The van der Waals surface area contributed by atoms with Crippen molar-refractivity contribution >= 4 is 11.9 Å². The monoisotopic (exact) mass is 643 g/mol. The van der Waals surface area contributed by atoms with Crippen molar-refractivity contribution < 1.29 is 19.1 Å². The molecule has 0 unspecified atom stereocenters. The standard InChI is InChI=1S/C42H74O4/c1-3-5-7-9-11-13-15-17-19-21-23-25-27-29-31-37-41(43)45-39-35-33-34-36-40(39)46-42(44)38-32-30-28-26-24-22-20-18-16-14-12-10-8-6-4-2/h33-36H,3-32,37-38H2,1-2H3. The van der Waals surface area contributed by atoms with E-state index in [2.05, 4.69) is 13.8 Å². The molecule has 0 saturated heterocycles. The minimum Gasteiger partial charge on any atom is -0.423 e. The third-order valence-electron chi connectivity index (χ3n) is 9.27. The van der Waals surface area contributed by atoms with Crippen molar-refractivity contribution in [2.45, 2.75) is 219 Å². The lowest BCUT2D eigenvalue weighted by atomic mass is 10.0. The van der Waals surface area contributed by atoms with Crippen LogP contribution in [-0.4, -0.2) is 11.9 Å². The van der Waals surface area contributed by atoms with Crippen molar-refractivity contribution in [3.05, 3.63) is 24.3 Å². The zero-order chi connectivity index (χ0) is 33.2. The second kappa shape index (κ2) is 33.1. The van der Waals surface area contributed by atoms with Crippen molar-refractivity contribution in [3.63, 3.8) is 0 Å². The summed E-state index contributed by atoms with van der Waals surface area (Å²) in [6.45, 7) is 4.55. The van der Waals surface area contributed by atoms with Crippen LogP contribution < -0.4 is 9.47 Å². The number of benzene rings is 1. The maximum Gasteiger partial charge on any atom is 0.311 e. The Bertz CT molecular complexity index is 753. The maximum absolute atomic E-state index is 12.5. The van der Waals surface area contributed by atoms with Crippen molar-refractivity contribution in [3.8, 4) is 11.5 Å². The van der Waals surface area contributed by atoms with Gasteiger partial charge in [-0.2, -0.15) is 0 Å². The summed E-state index contributed by atoms with van der Waals surface area (Å²) in [6, 6.07) is 7.03. The molecule has 0 N–H and O–H groups in total. The Morgan fingerprint density at radius 1 is 0.370 bits per heavy atom. The number of unbranched alkanes of at least 4 members (excludes halogenated alkanes) is 28. The summed E-state index contributed by atoms with van der Waals surface area (Å²) in [5, 5.41) is 0. The van der Waals surface area contributed by atoms with Gasteiger partial charge in [-0.15, -0.1) is 0 Å². The van der Waals surface area contributed by atoms with E-state index in [-0.39, 0.29) is 11.9 Å². The molecule has 0 aliphatic heterocycles. The molecule has 0 aliphatic carbocycles. The molecule has 0 bridgehead atoms. The first kappa shape index (κ1) is 42.2. The molecule has 0 saturated carbocycles. The molecule has 46 heavy (non-hydrogen) atoms. The second-order valence-electron chi connectivity index (χ2n) is 13.8. The van der Waals surface area contributed by atoms with Crippen molar-refractivity contribution in [2.75, 3.05) is 0 Å². The normalized spacial score (nSPS) is 11.2. The summed E-state index contributed by atoms with van der Waals surface area (Å²) >= 11 is 0. The van der Waals surface area contributed by atoms with E-state index in [0.29, 0.717) is 24.3 Å². The molecule has 0 radical (unpaired) electrons. The van der Waals surface area contributed by atoms with Crippen LogP contribution >= 0.6 is 0 Å². The van der Waals surface area contributed by atoms with E-state index in [1.54, 1.807) is 12.1 Å². The first-order chi connectivity index (χ1) is 22.7. The number of hydrogen-bond donors (Lipinski definition) is 0. The molecule has 4 heteroatoms. The SMILES string of the molecule is CCCCCCCCCCCCCCCCCC(=O)Oc1ccccc1OC(=O)CCCCCCCCCCCCCCCCC. The quantitative estimate of drug-likeness (QED) is 0.0426. The predicted octanol–water partition coefficient (Wildman–Crippen LogP) is 14.0. The van der Waals surface area contributed by atoms with Gasteiger partial charge in [0.2, 0.25) is 0 Å². The third kappa shape index (κ3) is 27.3. The number of para-hydroxylation sites is 2. The number of rotatable bonds is 34. The Labute approximate surface area is 285 Å². The van der Waals surface area contributed by atoms with Crippen LogP contribution in [0.5, 0.6) is 11.5 Å². The van der Waals surface area contributed by atoms with Crippen molar-refractivity contribution in [1.29, 1.82) is 0 Å². The van der Waals surface area contributed by atoms with Gasteiger partial charge >= 0.3 is 11.9 Å². The first-order valence-electron chi connectivity index (χ1n) is 20.2. The third-order valence-corrected chi connectivity index (χ3v) is 9.27. The largest absolute Gasteiger partial charge is 0.423 e. The lowest BCUT2D eigenvalue weighted by Crippen LogP contribution is -2.12. The van der Waals surface area contributed by atoms with Crippen LogP contribution in [0, 0.1) is 0 Å². The molecule has 0 aliphatic rings. The van der Waals surface area contributed by atoms with E-state index >= 15 is 0 Å². The average Bonchev–Trinajstić information content (AvgIpc) is 3.05. The minimum atomic E-state index is -0.249. The van der Waals surface area contributed by atoms with Gasteiger partial charge in [0, 0.05) is 12.8 Å². The van der Waals surface area contributed by atoms with Gasteiger partial charge in [0.25, 0.3) is 0 Å². The van der Waals surface area contributed by atoms with Gasteiger partial charge in [-0.25, -0.2) is 0 Å². The number of esters is 2. The summed E-state index contributed by atoms with van der Waals surface area (Å²) < 4.78 is 11.2. The number of hydrogen-bond acceptors (Lipinski definition) is 4.